The number of hydrogen-bond acceptors (Lipinski definition) is 3. The van der Waals surface area contributed by atoms with Crippen molar-refractivity contribution in [1.82, 2.24) is 4.90 Å². The normalized spacial score (nSPS) is 18.2. The Morgan fingerprint density at radius 1 is 1.32 bits per heavy atom. The van der Waals surface area contributed by atoms with Crippen molar-refractivity contribution in [3.8, 4) is 11.5 Å². The summed E-state index contributed by atoms with van der Waals surface area (Å²) in [5.41, 5.74) is 0.605. The molecule has 0 aliphatic carbocycles. The molecular formula is C15H22FNO2. The lowest BCUT2D eigenvalue weighted by molar-refractivity contribution is 0.114. The van der Waals surface area contributed by atoms with Crippen molar-refractivity contribution < 1.29 is 14.2 Å². The Balaban J connectivity index is 2.18. The van der Waals surface area contributed by atoms with Crippen LogP contribution in [0.2, 0.25) is 0 Å². The Bertz CT molecular complexity index is 430. The summed E-state index contributed by atoms with van der Waals surface area (Å²) in [5, 5.41) is 9.87. The fourth-order valence-electron chi connectivity index (χ4n) is 2.70. The zero-order valence-electron chi connectivity index (χ0n) is 11.7. The van der Waals surface area contributed by atoms with Gasteiger partial charge in [-0.3, -0.25) is 4.90 Å². The number of rotatable bonds is 5. The summed E-state index contributed by atoms with van der Waals surface area (Å²) in [5.74, 6) is -0.0259. The van der Waals surface area contributed by atoms with Crippen LogP contribution in [0.15, 0.2) is 12.1 Å². The van der Waals surface area contributed by atoms with Crippen molar-refractivity contribution in [2.75, 3.05) is 19.7 Å². The number of nitrogens with zero attached hydrogens (tertiary/aromatic N) is 1. The summed E-state index contributed by atoms with van der Waals surface area (Å²) >= 11 is 0. The highest BCUT2D eigenvalue weighted by Gasteiger charge is 2.28. The second kappa shape index (κ2) is 6.24. The summed E-state index contributed by atoms with van der Waals surface area (Å²) < 4.78 is 19.2. The predicted molar refractivity (Wildman–Crippen MR) is 73.2 cm³/mol. The number of aromatic hydroxyl groups is 1. The van der Waals surface area contributed by atoms with Gasteiger partial charge in [0.15, 0.2) is 11.6 Å². The van der Waals surface area contributed by atoms with Gasteiger partial charge in [0.2, 0.25) is 0 Å². The maximum Gasteiger partial charge on any atom is 0.165 e. The molecule has 0 amide bonds. The van der Waals surface area contributed by atoms with E-state index >= 15 is 0 Å². The van der Waals surface area contributed by atoms with Crippen LogP contribution in [0.25, 0.3) is 0 Å². The van der Waals surface area contributed by atoms with Crippen LogP contribution in [-0.4, -0.2) is 35.7 Å². The van der Waals surface area contributed by atoms with Crippen LogP contribution in [0.4, 0.5) is 4.39 Å². The molecule has 1 aromatic rings. The third kappa shape index (κ3) is 3.00. The monoisotopic (exact) mass is 267 g/mol. The van der Waals surface area contributed by atoms with E-state index in [9.17, 15) is 9.50 Å². The number of hydrogen-bond donors (Lipinski definition) is 1. The van der Waals surface area contributed by atoms with Crippen molar-refractivity contribution >= 4 is 0 Å². The van der Waals surface area contributed by atoms with Crippen LogP contribution >= 0.6 is 0 Å². The highest BCUT2D eigenvalue weighted by atomic mass is 19.1. The number of phenols is 1. The number of phenolic OH excluding ortho intramolecular Hbond substituents is 1. The Labute approximate surface area is 114 Å². The minimum Gasteiger partial charge on any atom is -0.508 e. The number of fused-ring (bicyclic) bond motifs is 1. The highest BCUT2D eigenvalue weighted by Crippen LogP contribution is 2.35. The van der Waals surface area contributed by atoms with E-state index in [-0.39, 0.29) is 23.4 Å². The Hall–Kier alpha value is -1.29. The number of ether oxygens (including phenoxy) is 1. The van der Waals surface area contributed by atoms with Crippen LogP contribution in [-0.2, 0) is 6.42 Å². The van der Waals surface area contributed by atoms with E-state index in [4.69, 9.17) is 4.74 Å². The third-order valence-electron chi connectivity index (χ3n) is 3.59. The van der Waals surface area contributed by atoms with Crippen molar-refractivity contribution in [3.05, 3.63) is 23.5 Å². The molecule has 1 atom stereocenters. The van der Waals surface area contributed by atoms with Crippen molar-refractivity contribution in [1.29, 1.82) is 0 Å². The molecule has 0 bridgehead atoms. The van der Waals surface area contributed by atoms with Crippen LogP contribution in [0.5, 0.6) is 11.5 Å². The number of halogens is 1. The second-order valence-corrected chi connectivity index (χ2v) is 5.08. The van der Waals surface area contributed by atoms with E-state index in [0.29, 0.717) is 18.6 Å². The third-order valence-corrected chi connectivity index (χ3v) is 3.59. The molecule has 1 aliphatic rings. The zero-order valence-corrected chi connectivity index (χ0v) is 11.7. The van der Waals surface area contributed by atoms with E-state index in [1.807, 2.05) is 0 Å². The Morgan fingerprint density at radius 3 is 2.63 bits per heavy atom. The lowest BCUT2D eigenvalue weighted by Crippen LogP contribution is -2.44. The maximum atomic E-state index is 13.6. The van der Waals surface area contributed by atoms with Crippen LogP contribution in [0.1, 0.15) is 32.3 Å². The van der Waals surface area contributed by atoms with Crippen molar-refractivity contribution in [2.24, 2.45) is 0 Å². The number of benzene rings is 1. The molecule has 1 heterocycles. The maximum absolute atomic E-state index is 13.6. The molecule has 0 aromatic heterocycles. The topological polar surface area (TPSA) is 32.7 Å². The second-order valence-electron chi connectivity index (χ2n) is 5.08. The molecule has 1 aromatic carbocycles. The smallest absolute Gasteiger partial charge is 0.165 e. The minimum atomic E-state index is -0.385. The summed E-state index contributed by atoms with van der Waals surface area (Å²) in [6.45, 7) is 6.81. The standard InChI is InChI=1S/C15H22FNO2/c1-3-7-17(8-4-2)11-9-12-14(18)6-5-13(16)15(12)19-10-11/h5-6,11,18H,3-4,7-10H2,1-2H3. The SMILES string of the molecule is CCCN(CCC)C1COc2c(F)ccc(O)c2C1. The highest BCUT2D eigenvalue weighted by molar-refractivity contribution is 5.46. The summed E-state index contributed by atoms with van der Waals surface area (Å²) in [7, 11) is 0. The fraction of sp³-hybridized carbons (Fsp3) is 0.600. The minimum absolute atomic E-state index is 0.133. The fourth-order valence-corrected chi connectivity index (χ4v) is 2.70. The van der Waals surface area contributed by atoms with Gasteiger partial charge in [-0.05, 0) is 44.5 Å². The Kier molecular flexibility index (Phi) is 4.64. The van der Waals surface area contributed by atoms with Gasteiger partial charge in [0, 0.05) is 11.6 Å². The Morgan fingerprint density at radius 2 is 2.00 bits per heavy atom. The first-order valence-corrected chi connectivity index (χ1v) is 7.04. The van der Waals surface area contributed by atoms with Gasteiger partial charge in [-0.2, -0.15) is 0 Å². The average Bonchev–Trinajstić information content (AvgIpc) is 2.42. The van der Waals surface area contributed by atoms with E-state index in [0.717, 1.165) is 25.9 Å². The molecule has 4 heteroatoms. The predicted octanol–water partition coefficient (Wildman–Crippen LogP) is 2.96. The summed E-state index contributed by atoms with van der Waals surface area (Å²) in [4.78, 5) is 2.37. The molecule has 1 aliphatic heterocycles. The largest absolute Gasteiger partial charge is 0.508 e. The lowest BCUT2D eigenvalue weighted by atomic mass is 9.99. The van der Waals surface area contributed by atoms with E-state index in [2.05, 4.69) is 18.7 Å². The zero-order chi connectivity index (χ0) is 13.8. The molecule has 1 unspecified atom stereocenters. The molecule has 0 saturated heterocycles. The molecule has 106 valence electrons. The van der Waals surface area contributed by atoms with Gasteiger partial charge >= 0.3 is 0 Å². The molecule has 3 nitrogen and oxygen atoms in total. The van der Waals surface area contributed by atoms with Gasteiger partial charge in [-0.1, -0.05) is 13.8 Å². The van der Waals surface area contributed by atoms with E-state index < -0.39 is 0 Å². The van der Waals surface area contributed by atoms with Crippen LogP contribution in [0.3, 0.4) is 0 Å². The first kappa shape index (κ1) is 14.1. The van der Waals surface area contributed by atoms with Gasteiger partial charge < -0.3 is 9.84 Å². The summed E-state index contributed by atoms with van der Waals surface area (Å²) in [6, 6.07) is 2.88. The van der Waals surface area contributed by atoms with E-state index in [1.165, 1.54) is 12.1 Å². The molecule has 2 rings (SSSR count). The van der Waals surface area contributed by atoms with Crippen molar-refractivity contribution in [2.45, 2.75) is 39.2 Å². The van der Waals surface area contributed by atoms with Crippen LogP contribution in [0, 0.1) is 5.82 Å². The van der Waals surface area contributed by atoms with Gasteiger partial charge in [-0.15, -0.1) is 0 Å². The van der Waals surface area contributed by atoms with Crippen molar-refractivity contribution in [3.63, 3.8) is 0 Å². The molecule has 1 N–H and O–H groups in total. The van der Waals surface area contributed by atoms with Crippen LogP contribution < -0.4 is 4.74 Å². The summed E-state index contributed by atoms with van der Waals surface area (Å²) in [6.07, 6.45) is 2.82. The van der Waals surface area contributed by atoms with Gasteiger partial charge in [0.25, 0.3) is 0 Å². The molecule has 0 radical (unpaired) electrons. The van der Waals surface area contributed by atoms with Gasteiger partial charge in [0.05, 0.1) is 0 Å². The van der Waals surface area contributed by atoms with Gasteiger partial charge in [0.1, 0.15) is 12.4 Å². The first-order chi connectivity index (χ1) is 9.17. The van der Waals surface area contributed by atoms with Gasteiger partial charge in [-0.25, -0.2) is 4.39 Å². The molecular weight excluding hydrogens is 245 g/mol. The molecule has 0 fully saturated rings. The first-order valence-electron chi connectivity index (χ1n) is 7.04. The lowest BCUT2D eigenvalue weighted by Gasteiger charge is -2.35. The molecule has 0 saturated carbocycles. The molecule has 0 spiro atoms. The molecule has 19 heavy (non-hydrogen) atoms. The van der Waals surface area contributed by atoms with E-state index in [1.54, 1.807) is 0 Å². The quantitative estimate of drug-likeness (QED) is 0.890. The average molecular weight is 267 g/mol.